The second kappa shape index (κ2) is 5.83. The molecule has 0 radical (unpaired) electrons. The molecule has 0 spiro atoms. The van der Waals surface area contributed by atoms with Gasteiger partial charge in [0.1, 0.15) is 0 Å². The van der Waals surface area contributed by atoms with E-state index in [1.165, 1.54) is 21.5 Å². The summed E-state index contributed by atoms with van der Waals surface area (Å²) >= 11 is 0. The van der Waals surface area contributed by atoms with Crippen LogP contribution in [0.25, 0.3) is 21.5 Å². The minimum atomic E-state index is 1.00. The molecule has 0 atom stereocenters. The van der Waals surface area contributed by atoms with Crippen LogP contribution in [0.2, 0.25) is 0 Å². The van der Waals surface area contributed by atoms with E-state index in [4.69, 9.17) is 0 Å². The SMILES string of the molecule is C1CNCN1.c1ccc2c(c1)ccc1ccccc12. The van der Waals surface area contributed by atoms with Gasteiger partial charge in [-0.15, -0.1) is 0 Å². The van der Waals surface area contributed by atoms with Crippen LogP contribution in [0.3, 0.4) is 0 Å². The Kier molecular flexibility index (Phi) is 3.73. The number of rotatable bonds is 0. The van der Waals surface area contributed by atoms with Gasteiger partial charge in [0.05, 0.1) is 0 Å². The normalized spacial score (nSPS) is 14.3. The summed E-state index contributed by atoms with van der Waals surface area (Å²) in [5.41, 5.74) is 0. The van der Waals surface area contributed by atoms with Gasteiger partial charge < -0.3 is 10.6 Å². The molecular formula is C17H18N2. The molecule has 19 heavy (non-hydrogen) atoms. The van der Waals surface area contributed by atoms with Gasteiger partial charge in [-0.05, 0) is 21.5 Å². The lowest BCUT2D eigenvalue weighted by Gasteiger charge is -2.02. The van der Waals surface area contributed by atoms with Gasteiger partial charge in [0.2, 0.25) is 0 Å². The van der Waals surface area contributed by atoms with Gasteiger partial charge in [-0.3, -0.25) is 0 Å². The van der Waals surface area contributed by atoms with Gasteiger partial charge in [-0.2, -0.15) is 0 Å². The molecular weight excluding hydrogens is 232 g/mol. The molecule has 0 unspecified atom stereocenters. The molecule has 2 N–H and O–H groups in total. The molecule has 3 aromatic carbocycles. The average Bonchev–Trinajstić information content (AvgIpc) is 3.07. The monoisotopic (exact) mass is 250 g/mol. The van der Waals surface area contributed by atoms with Crippen LogP contribution in [0.15, 0.2) is 60.7 Å². The highest BCUT2D eigenvalue weighted by Gasteiger charge is 1.97. The standard InChI is InChI=1S/C14H10.C3H8N2/c1-3-7-13-11(5-1)9-10-12-6-2-4-8-14(12)13;1-2-5-3-4-1/h1-10H;4-5H,1-3H2. The third-order valence-electron chi connectivity index (χ3n) is 3.38. The predicted octanol–water partition coefficient (Wildman–Crippen LogP) is 3.13. The lowest BCUT2D eigenvalue weighted by atomic mass is 10.0. The molecule has 1 fully saturated rings. The Morgan fingerprint density at radius 1 is 0.579 bits per heavy atom. The Morgan fingerprint density at radius 2 is 1.05 bits per heavy atom. The summed E-state index contributed by atoms with van der Waals surface area (Å²) in [6.45, 7) is 3.28. The molecule has 0 saturated carbocycles. The lowest BCUT2D eigenvalue weighted by molar-refractivity contribution is 0.807. The first-order valence-corrected chi connectivity index (χ1v) is 6.73. The van der Waals surface area contributed by atoms with Crippen molar-refractivity contribution in [3.63, 3.8) is 0 Å². The largest absolute Gasteiger partial charge is 0.303 e. The molecule has 3 aromatic rings. The van der Waals surface area contributed by atoms with Crippen LogP contribution < -0.4 is 10.6 Å². The van der Waals surface area contributed by atoms with Crippen molar-refractivity contribution in [3.8, 4) is 0 Å². The summed E-state index contributed by atoms with van der Waals surface area (Å²) in [7, 11) is 0. The molecule has 96 valence electrons. The van der Waals surface area contributed by atoms with Crippen molar-refractivity contribution in [2.24, 2.45) is 0 Å². The van der Waals surface area contributed by atoms with Crippen molar-refractivity contribution in [3.05, 3.63) is 60.7 Å². The average molecular weight is 250 g/mol. The highest BCUT2D eigenvalue weighted by molar-refractivity contribution is 6.07. The van der Waals surface area contributed by atoms with Crippen molar-refractivity contribution in [2.75, 3.05) is 19.8 Å². The number of hydrogen-bond acceptors (Lipinski definition) is 2. The van der Waals surface area contributed by atoms with E-state index >= 15 is 0 Å². The van der Waals surface area contributed by atoms with Gasteiger partial charge in [0, 0.05) is 19.8 Å². The van der Waals surface area contributed by atoms with Crippen molar-refractivity contribution >= 4 is 21.5 Å². The van der Waals surface area contributed by atoms with Crippen molar-refractivity contribution in [2.45, 2.75) is 0 Å². The zero-order chi connectivity index (χ0) is 12.9. The second-order valence-electron chi connectivity index (χ2n) is 4.68. The molecule has 1 aliphatic heterocycles. The third-order valence-corrected chi connectivity index (χ3v) is 3.38. The highest BCUT2D eigenvalue weighted by Crippen LogP contribution is 2.24. The Morgan fingerprint density at radius 3 is 1.47 bits per heavy atom. The summed E-state index contributed by atoms with van der Waals surface area (Å²) in [5, 5.41) is 11.5. The summed E-state index contributed by atoms with van der Waals surface area (Å²) in [4.78, 5) is 0. The van der Waals surface area contributed by atoms with Crippen LogP contribution in [-0.4, -0.2) is 19.8 Å². The molecule has 4 rings (SSSR count). The molecule has 2 heteroatoms. The van der Waals surface area contributed by atoms with Gasteiger partial charge >= 0.3 is 0 Å². The first-order valence-electron chi connectivity index (χ1n) is 6.73. The van der Waals surface area contributed by atoms with Gasteiger partial charge in [0.15, 0.2) is 0 Å². The van der Waals surface area contributed by atoms with Crippen LogP contribution in [0.5, 0.6) is 0 Å². The van der Waals surface area contributed by atoms with E-state index in [9.17, 15) is 0 Å². The molecule has 1 aliphatic rings. The molecule has 1 saturated heterocycles. The van der Waals surface area contributed by atoms with Gasteiger partial charge in [-0.25, -0.2) is 0 Å². The number of fused-ring (bicyclic) bond motifs is 3. The molecule has 1 heterocycles. The van der Waals surface area contributed by atoms with E-state index < -0.39 is 0 Å². The minimum Gasteiger partial charge on any atom is -0.303 e. The maximum Gasteiger partial charge on any atom is 0.0455 e. The Bertz CT molecular complexity index is 610. The maximum absolute atomic E-state index is 3.11. The maximum atomic E-state index is 3.11. The van der Waals surface area contributed by atoms with Gasteiger partial charge in [-0.1, -0.05) is 60.7 Å². The number of nitrogens with one attached hydrogen (secondary N) is 2. The highest BCUT2D eigenvalue weighted by atomic mass is 15.1. The summed E-state index contributed by atoms with van der Waals surface area (Å²) < 4.78 is 0. The Labute approximate surface area is 113 Å². The molecule has 0 aromatic heterocycles. The van der Waals surface area contributed by atoms with Crippen LogP contribution in [0.1, 0.15) is 0 Å². The van der Waals surface area contributed by atoms with Crippen LogP contribution in [0.4, 0.5) is 0 Å². The fourth-order valence-corrected chi connectivity index (χ4v) is 2.40. The molecule has 0 amide bonds. The van der Waals surface area contributed by atoms with E-state index in [0.717, 1.165) is 19.8 Å². The first kappa shape index (κ1) is 12.2. The quantitative estimate of drug-likeness (QED) is 0.599. The zero-order valence-electron chi connectivity index (χ0n) is 10.9. The van der Waals surface area contributed by atoms with Crippen LogP contribution >= 0.6 is 0 Å². The Hall–Kier alpha value is -1.90. The smallest absolute Gasteiger partial charge is 0.0455 e. The van der Waals surface area contributed by atoms with Crippen molar-refractivity contribution in [1.82, 2.24) is 10.6 Å². The van der Waals surface area contributed by atoms with E-state index in [2.05, 4.69) is 71.3 Å². The van der Waals surface area contributed by atoms with E-state index in [1.807, 2.05) is 0 Å². The minimum absolute atomic E-state index is 1.00. The fourth-order valence-electron chi connectivity index (χ4n) is 2.40. The zero-order valence-corrected chi connectivity index (χ0v) is 10.9. The summed E-state index contributed by atoms with van der Waals surface area (Å²) in [5.74, 6) is 0. The molecule has 0 aliphatic carbocycles. The fraction of sp³-hybridized carbons (Fsp3) is 0.176. The lowest BCUT2D eigenvalue weighted by Crippen LogP contribution is -2.11. The van der Waals surface area contributed by atoms with E-state index in [0.29, 0.717) is 0 Å². The Balaban J connectivity index is 0.000000187. The van der Waals surface area contributed by atoms with Crippen LogP contribution in [0, 0.1) is 0 Å². The van der Waals surface area contributed by atoms with E-state index in [-0.39, 0.29) is 0 Å². The van der Waals surface area contributed by atoms with E-state index in [1.54, 1.807) is 0 Å². The molecule has 2 nitrogen and oxygen atoms in total. The number of hydrogen-bond donors (Lipinski definition) is 2. The van der Waals surface area contributed by atoms with Crippen LogP contribution in [-0.2, 0) is 0 Å². The first-order chi connectivity index (χ1) is 9.45. The third kappa shape index (κ3) is 2.75. The second-order valence-corrected chi connectivity index (χ2v) is 4.68. The predicted molar refractivity (Wildman–Crippen MR) is 82.3 cm³/mol. The van der Waals surface area contributed by atoms with Gasteiger partial charge in [0.25, 0.3) is 0 Å². The topological polar surface area (TPSA) is 24.1 Å². The summed E-state index contributed by atoms with van der Waals surface area (Å²) in [6.07, 6.45) is 0. The van der Waals surface area contributed by atoms with Crippen molar-refractivity contribution in [1.29, 1.82) is 0 Å². The molecule has 0 bridgehead atoms. The number of benzene rings is 3. The van der Waals surface area contributed by atoms with Crippen molar-refractivity contribution < 1.29 is 0 Å². The summed E-state index contributed by atoms with van der Waals surface area (Å²) in [6, 6.07) is 21.4.